The number of hydrogen-bond donors (Lipinski definition) is 0. The minimum atomic E-state index is 0.292. The molecule has 0 fully saturated rings. The molecule has 2 aromatic rings. The van der Waals surface area contributed by atoms with Crippen LogP contribution in [0, 0.1) is 0 Å². The molecule has 0 aromatic heterocycles. The molecule has 0 saturated carbocycles. The van der Waals surface area contributed by atoms with Crippen LogP contribution in [-0.4, -0.2) is 20.5 Å². The van der Waals surface area contributed by atoms with Gasteiger partial charge in [0.25, 0.3) is 0 Å². The Kier molecular flexibility index (Phi) is 2.88. The Morgan fingerprint density at radius 1 is 0.952 bits per heavy atom. The van der Waals surface area contributed by atoms with Crippen molar-refractivity contribution in [1.29, 1.82) is 0 Å². The van der Waals surface area contributed by atoms with Crippen LogP contribution in [0.1, 0.15) is 17.0 Å². The second-order valence-corrected chi connectivity index (χ2v) is 5.30. The van der Waals surface area contributed by atoms with Crippen LogP contribution in [-0.2, 0) is 6.42 Å². The van der Waals surface area contributed by atoms with Gasteiger partial charge in [0, 0.05) is 12.0 Å². The van der Waals surface area contributed by atoms with E-state index >= 15 is 0 Å². The largest absolute Gasteiger partial charge is 0.497 e. The first kappa shape index (κ1) is 12.4. The van der Waals surface area contributed by atoms with E-state index in [0.29, 0.717) is 19.3 Å². The quantitative estimate of drug-likeness (QED) is 0.849. The van der Waals surface area contributed by atoms with Gasteiger partial charge in [-0.15, -0.1) is 0 Å². The Morgan fingerprint density at radius 2 is 1.71 bits per heavy atom. The second kappa shape index (κ2) is 4.88. The molecule has 2 heterocycles. The fourth-order valence-corrected chi connectivity index (χ4v) is 2.86. The zero-order chi connectivity index (χ0) is 14.2. The summed E-state index contributed by atoms with van der Waals surface area (Å²) in [5, 5.41) is 0. The summed E-state index contributed by atoms with van der Waals surface area (Å²) in [4.78, 5) is 0. The summed E-state index contributed by atoms with van der Waals surface area (Å²) in [5.41, 5.74) is 2.44. The zero-order valence-corrected chi connectivity index (χ0v) is 11.8. The van der Waals surface area contributed by atoms with E-state index < -0.39 is 0 Å². The summed E-state index contributed by atoms with van der Waals surface area (Å²) < 4.78 is 21.9. The number of hydrogen-bond acceptors (Lipinski definition) is 4. The molecule has 2 aliphatic heterocycles. The molecule has 0 saturated heterocycles. The van der Waals surface area contributed by atoms with Gasteiger partial charge in [0.15, 0.2) is 11.5 Å². The standard InChI is InChI=1S/C17H16O4/c1-18-14-4-2-11(3-5-14)13-6-12-7-16-17(21-10-20-16)8-15(12)19-9-13/h2-5,7-8,13H,6,9-10H2,1H3/t13-/m0/s1. The maximum absolute atomic E-state index is 5.91. The van der Waals surface area contributed by atoms with Gasteiger partial charge in [0.05, 0.1) is 13.7 Å². The molecule has 21 heavy (non-hydrogen) atoms. The number of fused-ring (bicyclic) bond motifs is 2. The Labute approximate surface area is 123 Å². The van der Waals surface area contributed by atoms with Crippen LogP contribution in [0.3, 0.4) is 0 Å². The Hall–Kier alpha value is -2.36. The van der Waals surface area contributed by atoms with Gasteiger partial charge in [0.1, 0.15) is 11.5 Å². The van der Waals surface area contributed by atoms with Crippen molar-refractivity contribution in [3.63, 3.8) is 0 Å². The molecule has 0 N–H and O–H groups in total. The molecule has 0 unspecified atom stereocenters. The van der Waals surface area contributed by atoms with Gasteiger partial charge in [-0.1, -0.05) is 12.1 Å². The average Bonchev–Trinajstić information content (AvgIpc) is 2.99. The minimum absolute atomic E-state index is 0.292. The first-order valence-electron chi connectivity index (χ1n) is 7.03. The number of benzene rings is 2. The van der Waals surface area contributed by atoms with Crippen LogP contribution >= 0.6 is 0 Å². The molecular formula is C17H16O4. The first-order valence-corrected chi connectivity index (χ1v) is 7.03. The smallest absolute Gasteiger partial charge is 0.231 e. The van der Waals surface area contributed by atoms with Crippen molar-refractivity contribution < 1.29 is 18.9 Å². The van der Waals surface area contributed by atoms with Crippen LogP contribution in [0.2, 0.25) is 0 Å². The van der Waals surface area contributed by atoms with Gasteiger partial charge >= 0.3 is 0 Å². The van der Waals surface area contributed by atoms with Crippen molar-refractivity contribution in [3.05, 3.63) is 47.5 Å². The fourth-order valence-electron chi connectivity index (χ4n) is 2.86. The summed E-state index contributed by atoms with van der Waals surface area (Å²) >= 11 is 0. The number of ether oxygens (including phenoxy) is 4. The van der Waals surface area contributed by atoms with Crippen LogP contribution in [0.5, 0.6) is 23.0 Å². The Morgan fingerprint density at radius 3 is 2.48 bits per heavy atom. The lowest BCUT2D eigenvalue weighted by Gasteiger charge is -2.26. The van der Waals surface area contributed by atoms with Gasteiger partial charge in [-0.2, -0.15) is 0 Å². The van der Waals surface area contributed by atoms with Crippen LogP contribution in [0.15, 0.2) is 36.4 Å². The van der Waals surface area contributed by atoms with Gasteiger partial charge in [-0.05, 0) is 35.7 Å². The molecule has 4 nitrogen and oxygen atoms in total. The van der Waals surface area contributed by atoms with E-state index in [1.807, 2.05) is 24.3 Å². The number of rotatable bonds is 2. The van der Waals surface area contributed by atoms with Gasteiger partial charge in [0.2, 0.25) is 6.79 Å². The van der Waals surface area contributed by atoms with Crippen molar-refractivity contribution in [2.75, 3.05) is 20.5 Å². The lowest BCUT2D eigenvalue weighted by Crippen LogP contribution is -2.19. The Bertz CT molecular complexity index is 663. The highest BCUT2D eigenvalue weighted by molar-refractivity contribution is 5.53. The molecule has 0 radical (unpaired) electrons. The average molecular weight is 284 g/mol. The topological polar surface area (TPSA) is 36.9 Å². The summed E-state index contributed by atoms with van der Waals surface area (Å²) in [6, 6.07) is 12.2. The van der Waals surface area contributed by atoms with Crippen molar-refractivity contribution in [2.45, 2.75) is 12.3 Å². The van der Waals surface area contributed by atoms with Crippen molar-refractivity contribution in [2.24, 2.45) is 0 Å². The maximum Gasteiger partial charge on any atom is 0.231 e. The molecule has 0 bridgehead atoms. The predicted octanol–water partition coefficient (Wildman–Crippen LogP) is 3.14. The molecule has 108 valence electrons. The van der Waals surface area contributed by atoms with Crippen LogP contribution in [0.25, 0.3) is 0 Å². The van der Waals surface area contributed by atoms with Crippen molar-refractivity contribution in [1.82, 2.24) is 0 Å². The van der Waals surface area contributed by atoms with E-state index in [2.05, 4.69) is 12.1 Å². The third-order valence-electron chi connectivity index (χ3n) is 4.05. The molecular weight excluding hydrogens is 268 g/mol. The molecule has 1 atom stereocenters. The van der Waals surface area contributed by atoms with Gasteiger partial charge in [-0.3, -0.25) is 0 Å². The summed E-state index contributed by atoms with van der Waals surface area (Å²) in [6.07, 6.45) is 0.943. The normalized spacial score (nSPS) is 18.8. The van der Waals surface area contributed by atoms with Crippen LogP contribution < -0.4 is 18.9 Å². The van der Waals surface area contributed by atoms with E-state index in [9.17, 15) is 0 Å². The van der Waals surface area contributed by atoms with E-state index in [1.165, 1.54) is 11.1 Å². The first-order chi connectivity index (χ1) is 10.3. The molecule has 0 amide bonds. The highest BCUT2D eigenvalue weighted by Gasteiger charge is 2.25. The van der Waals surface area contributed by atoms with Gasteiger partial charge < -0.3 is 18.9 Å². The lowest BCUT2D eigenvalue weighted by molar-refractivity contribution is 0.174. The molecule has 0 spiro atoms. The van der Waals surface area contributed by atoms with Crippen LogP contribution in [0.4, 0.5) is 0 Å². The van der Waals surface area contributed by atoms with E-state index in [0.717, 1.165) is 29.4 Å². The third-order valence-corrected chi connectivity index (χ3v) is 4.05. The highest BCUT2D eigenvalue weighted by Crippen LogP contribution is 2.42. The summed E-state index contributed by atoms with van der Waals surface area (Å²) in [7, 11) is 1.68. The van der Waals surface area contributed by atoms with E-state index in [1.54, 1.807) is 7.11 Å². The van der Waals surface area contributed by atoms with Gasteiger partial charge in [-0.25, -0.2) is 0 Å². The molecule has 2 aromatic carbocycles. The predicted molar refractivity (Wildman–Crippen MR) is 77.5 cm³/mol. The molecule has 4 heteroatoms. The second-order valence-electron chi connectivity index (χ2n) is 5.30. The third kappa shape index (κ3) is 2.17. The minimum Gasteiger partial charge on any atom is -0.497 e. The fraction of sp³-hybridized carbons (Fsp3) is 0.294. The molecule has 4 rings (SSSR count). The number of methoxy groups -OCH3 is 1. The maximum atomic E-state index is 5.91. The summed E-state index contributed by atoms with van der Waals surface area (Å²) in [5.74, 6) is 3.72. The monoisotopic (exact) mass is 284 g/mol. The Balaban J connectivity index is 1.60. The van der Waals surface area contributed by atoms with E-state index in [4.69, 9.17) is 18.9 Å². The lowest BCUT2D eigenvalue weighted by atomic mass is 9.90. The van der Waals surface area contributed by atoms with Crippen molar-refractivity contribution in [3.8, 4) is 23.0 Å². The molecule has 0 aliphatic carbocycles. The zero-order valence-electron chi connectivity index (χ0n) is 11.8. The van der Waals surface area contributed by atoms with E-state index in [-0.39, 0.29) is 0 Å². The molecule has 2 aliphatic rings. The summed E-state index contributed by atoms with van der Waals surface area (Å²) in [6.45, 7) is 0.971. The SMILES string of the molecule is COc1ccc([C@@H]2COc3cc4c(cc3C2)OCO4)cc1. The highest BCUT2D eigenvalue weighted by atomic mass is 16.7. The van der Waals surface area contributed by atoms with Crippen molar-refractivity contribution >= 4 is 0 Å².